The van der Waals surface area contributed by atoms with Crippen LogP contribution in [0.2, 0.25) is 0 Å². The van der Waals surface area contributed by atoms with Crippen molar-refractivity contribution in [3.8, 4) is 23.0 Å². The van der Waals surface area contributed by atoms with Crippen LogP contribution in [0.5, 0.6) is 23.0 Å². The fourth-order valence-electron chi connectivity index (χ4n) is 4.02. The number of likely N-dealkylation sites (N-methyl/N-ethyl adjacent to an activating group) is 1. The average Bonchev–Trinajstić information content (AvgIpc) is 2.87. The van der Waals surface area contributed by atoms with Gasteiger partial charge in [-0.2, -0.15) is 0 Å². The quantitative estimate of drug-likeness (QED) is 0.303. The number of quaternary nitrogens is 1. The minimum atomic E-state index is 0.132. The van der Waals surface area contributed by atoms with Crippen LogP contribution in [-0.2, 0) is 11.2 Å². The van der Waals surface area contributed by atoms with E-state index in [9.17, 15) is 4.79 Å². The Labute approximate surface area is 204 Å². The molecule has 1 unspecified atom stereocenters. The van der Waals surface area contributed by atoms with E-state index in [1.54, 1.807) is 28.4 Å². The third-order valence-corrected chi connectivity index (χ3v) is 6.24. The lowest BCUT2D eigenvalue weighted by Crippen LogP contribution is -2.48. The Bertz CT molecular complexity index is 918. The molecular weight excluding hydrogens is 432 g/mol. The highest BCUT2D eigenvalue weighted by Crippen LogP contribution is 2.34. The Morgan fingerprint density at radius 2 is 1.44 bits per heavy atom. The van der Waals surface area contributed by atoms with Gasteiger partial charge in [0.15, 0.2) is 23.0 Å². The summed E-state index contributed by atoms with van der Waals surface area (Å²) in [6, 6.07) is 12.2. The first-order valence-corrected chi connectivity index (χ1v) is 12.0. The first kappa shape index (κ1) is 27.3. The lowest BCUT2D eigenvalue weighted by atomic mass is 10.1. The van der Waals surface area contributed by atoms with Crippen molar-refractivity contribution in [2.75, 3.05) is 55.1 Å². The van der Waals surface area contributed by atoms with Gasteiger partial charge in [-0.3, -0.25) is 9.28 Å². The molecular formula is C27H41N2O5+. The summed E-state index contributed by atoms with van der Waals surface area (Å²) in [6.07, 6.45) is 4.27. The summed E-state index contributed by atoms with van der Waals surface area (Å²) >= 11 is 0. The predicted octanol–water partition coefficient (Wildman–Crippen LogP) is 4.60. The van der Waals surface area contributed by atoms with E-state index in [-0.39, 0.29) is 5.91 Å². The van der Waals surface area contributed by atoms with Gasteiger partial charge in [0.2, 0.25) is 5.91 Å². The van der Waals surface area contributed by atoms with Crippen LogP contribution in [0.25, 0.3) is 0 Å². The molecule has 1 atom stereocenters. The smallest absolute Gasteiger partial charge is 0.219 e. The van der Waals surface area contributed by atoms with Gasteiger partial charge < -0.3 is 24.3 Å². The minimum absolute atomic E-state index is 0.132. The van der Waals surface area contributed by atoms with Crippen LogP contribution < -0.4 is 28.7 Å². The molecule has 34 heavy (non-hydrogen) atoms. The number of amides is 1. The number of methoxy groups -OCH3 is 4. The summed E-state index contributed by atoms with van der Waals surface area (Å²) in [5, 5.41) is 3.06. The molecule has 0 aliphatic carbocycles. The van der Waals surface area contributed by atoms with Crippen LogP contribution in [0.15, 0.2) is 36.4 Å². The standard InChI is InChI=1S/C27H40N2O5/c1-7-8-10-27(30)28-16-9-17-29(2,22-12-14-24(32-4)26(20-22)34-6)18-15-21-11-13-23(31-3)25(19-21)33-5/h11-14,19-20H,7-10,15-18H2,1-6H3/p+1. The predicted molar refractivity (Wildman–Crippen MR) is 137 cm³/mol. The number of carbonyl (C=O) groups excluding carboxylic acids is 1. The summed E-state index contributed by atoms with van der Waals surface area (Å²) in [5.41, 5.74) is 2.31. The van der Waals surface area contributed by atoms with Crippen molar-refractivity contribution in [2.24, 2.45) is 0 Å². The fourth-order valence-corrected chi connectivity index (χ4v) is 4.02. The summed E-state index contributed by atoms with van der Waals surface area (Å²) < 4.78 is 22.5. The van der Waals surface area contributed by atoms with E-state index < -0.39 is 0 Å². The van der Waals surface area contributed by atoms with Crippen molar-refractivity contribution in [3.63, 3.8) is 0 Å². The number of nitrogens with one attached hydrogen (secondary N) is 1. The molecule has 0 spiro atoms. The van der Waals surface area contributed by atoms with E-state index in [0.717, 1.165) is 56.0 Å². The van der Waals surface area contributed by atoms with Gasteiger partial charge in [-0.15, -0.1) is 0 Å². The molecule has 0 radical (unpaired) electrons. The zero-order valence-corrected chi connectivity index (χ0v) is 21.6. The number of benzene rings is 2. The largest absolute Gasteiger partial charge is 0.493 e. The van der Waals surface area contributed by atoms with Crippen molar-refractivity contribution in [2.45, 2.75) is 39.0 Å². The molecule has 0 bridgehead atoms. The second kappa shape index (κ2) is 13.7. The van der Waals surface area contributed by atoms with E-state index in [4.69, 9.17) is 18.9 Å². The first-order chi connectivity index (χ1) is 16.4. The molecule has 2 aromatic rings. The van der Waals surface area contributed by atoms with Crippen molar-refractivity contribution in [1.29, 1.82) is 0 Å². The fraction of sp³-hybridized carbons (Fsp3) is 0.519. The second-order valence-electron chi connectivity index (χ2n) is 8.63. The maximum atomic E-state index is 12.0. The summed E-state index contributed by atoms with van der Waals surface area (Å²) in [4.78, 5) is 12.0. The molecule has 0 fully saturated rings. The number of nitrogens with zero attached hydrogens (tertiary/aromatic N) is 1. The number of ether oxygens (including phenoxy) is 4. The van der Waals surface area contributed by atoms with Gasteiger partial charge in [0.25, 0.3) is 0 Å². The van der Waals surface area contributed by atoms with Crippen LogP contribution in [-0.4, -0.2) is 61.0 Å². The normalized spacial score (nSPS) is 12.5. The Hall–Kier alpha value is -2.93. The average molecular weight is 474 g/mol. The monoisotopic (exact) mass is 473 g/mol. The first-order valence-electron chi connectivity index (χ1n) is 12.0. The molecule has 0 saturated heterocycles. The highest BCUT2D eigenvalue weighted by Gasteiger charge is 2.26. The van der Waals surface area contributed by atoms with E-state index in [1.807, 2.05) is 24.3 Å². The lowest BCUT2D eigenvalue weighted by molar-refractivity contribution is -0.121. The highest BCUT2D eigenvalue weighted by atomic mass is 16.5. The van der Waals surface area contributed by atoms with Gasteiger partial charge in [-0.05, 0) is 30.2 Å². The van der Waals surface area contributed by atoms with E-state index in [0.29, 0.717) is 28.9 Å². The molecule has 188 valence electrons. The summed E-state index contributed by atoms with van der Waals surface area (Å²) in [6.45, 7) is 4.50. The van der Waals surface area contributed by atoms with Crippen LogP contribution in [0.3, 0.4) is 0 Å². The Kier molecular flexibility index (Phi) is 11.0. The Morgan fingerprint density at radius 1 is 0.824 bits per heavy atom. The SMILES string of the molecule is CCCCC(=O)NCCC[N+](C)(CCc1ccc(OC)c(OC)c1)c1ccc(OC)c(OC)c1. The molecule has 7 heteroatoms. The van der Waals surface area contributed by atoms with Gasteiger partial charge in [0.05, 0.1) is 48.6 Å². The number of unbranched alkanes of at least 4 members (excludes halogenated alkanes) is 1. The molecule has 2 rings (SSSR count). The number of hydrogen-bond donors (Lipinski definition) is 1. The zero-order valence-electron chi connectivity index (χ0n) is 21.6. The summed E-state index contributed by atoms with van der Waals surface area (Å²) in [5.74, 6) is 3.01. The topological polar surface area (TPSA) is 66.0 Å². The molecule has 0 saturated carbocycles. The van der Waals surface area contributed by atoms with Crippen LogP contribution >= 0.6 is 0 Å². The van der Waals surface area contributed by atoms with Gasteiger partial charge in [-0.25, -0.2) is 0 Å². The number of hydrogen-bond acceptors (Lipinski definition) is 5. The van der Waals surface area contributed by atoms with Gasteiger partial charge in [0, 0.05) is 37.9 Å². The van der Waals surface area contributed by atoms with E-state index in [2.05, 4.69) is 31.4 Å². The third-order valence-electron chi connectivity index (χ3n) is 6.24. The number of carbonyl (C=O) groups is 1. The maximum Gasteiger partial charge on any atom is 0.219 e. The van der Waals surface area contributed by atoms with Crippen molar-refractivity contribution in [1.82, 2.24) is 9.80 Å². The zero-order chi connectivity index (χ0) is 25.0. The van der Waals surface area contributed by atoms with Gasteiger partial charge in [0.1, 0.15) is 5.69 Å². The molecule has 0 heterocycles. The summed E-state index contributed by atoms with van der Waals surface area (Å²) in [7, 11) is 8.82. The maximum absolute atomic E-state index is 12.0. The molecule has 2 aromatic carbocycles. The van der Waals surface area contributed by atoms with Gasteiger partial charge >= 0.3 is 0 Å². The molecule has 0 aliphatic rings. The molecule has 1 amide bonds. The third kappa shape index (κ3) is 7.55. The Morgan fingerprint density at radius 3 is 2.06 bits per heavy atom. The second-order valence-corrected chi connectivity index (χ2v) is 8.63. The van der Waals surface area contributed by atoms with Gasteiger partial charge in [-0.1, -0.05) is 19.4 Å². The number of rotatable bonds is 15. The molecule has 7 nitrogen and oxygen atoms in total. The highest BCUT2D eigenvalue weighted by molar-refractivity contribution is 5.75. The minimum Gasteiger partial charge on any atom is -0.493 e. The van der Waals surface area contributed by atoms with Crippen molar-refractivity contribution >= 4 is 11.6 Å². The molecule has 0 aliphatic heterocycles. The Balaban J connectivity index is 2.19. The van der Waals surface area contributed by atoms with Crippen molar-refractivity contribution in [3.05, 3.63) is 42.0 Å². The van der Waals surface area contributed by atoms with Crippen molar-refractivity contribution < 1.29 is 23.7 Å². The molecule has 1 N–H and O–H groups in total. The molecule has 0 aromatic heterocycles. The van der Waals surface area contributed by atoms with Crippen LogP contribution in [0.1, 0.15) is 38.2 Å². The van der Waals surface area contributed by atoms with E-state index >= 15 is 0 Å². The lowest BCUT2D eigenvalue weighted by Gasteiger charge is -2.35. The van der Waals surface area contributed by atoms with Crippen LogP contribution in [0, 0.1) is 0 Å². The van der Waals surface area contributed by atoms with Crippen LogP contribution in [0.4, 0.5) is 5.69 Å². The van der Waals surface area contributed by atoms with E-state index in [1.165, 1.54) is 5.56 Å².